The molecule has 1 N–H and O–H groups in total. The van der Waals surface area contributed by atoms with Crippen LogP contribution in [0.4, 0.5) is 0 Å². The normalized spacial score (nSPS) is 20.9. The summed E-state index contributed by atoms with van der Waals surface area (Å²) < 4.78 is 5.37. The Balaban J connectivity index is 1.84. The van der Waals surface area contributed by atoms with E-state index in [1.807, 2.05) is 12.1 Å². The van der Waals surface area contributed by atoms with Crippen LogP contribution >= 0.6 is 0 Å². The van der Waals surface area contributed by atoms with Gasteiger partial charge in [-0.25, -0.2) is 0 Å². The highest BCUT2D eigenvalue weighted by molar-refractivity contribution is 5.03. The largest absolute Gasteiger partial charge is 0.468 e. The lowest BCUT2D eigenvalue weighted by Gasteiger charge is -2.25. The number of hydrogen-bond acceptors (Lipinski definition) is 2. The Morgan fingerprint density at radius 3 is 2.79 bits per heavy atom. The first-order valence-corrected chi connectivity index (χ1v) is 5.66. The third-order valence-corrected chi connectivity index (χ3v) is 3.06. The van der Waals surface area contributed by atoms with Gasteiger partial charge in [-0.05, 0) is 31.9 Å². The van der Waals surface area contributed by atoms with Gasteiger partial charge in [-0.15, -0.1) is 0 Å². The van der Waals surface area contributed by atoms with Gasteiger partial charge in [-0.2, -0.15) is 0 Å². The van der Waals surface area contributed by atoms with Crippen molar-refractivity contribution in [2.75, 3.05) is 0 Å². The topological polar surface area (TPSA) is 25.2 Å². The Labute approximate surface area is 85.7 Å². The molecule has 1 aliphatic rings. The number of nitrogens with one attached hydrogen (secondary N) is 1. The minimum atomic E-state index is 0.355. The molecule has 2 nitrogen and oxygen atoms in total. The van der Waals surface area contributed by atoms with E-state index in [4.69, 9.17) is 4.42 Å². The summed E-state index contributed by atoms with van der Waals surface area (Å²) in [6.45, 7) is 2.17. The molecule has 1 atom stereocenters. The highest BCUT2D eigenvalue weighted by Gasteiger charge is 2.17. The van der Waals surface area contributed by atoms with Crippen molar-refractivity contribution in [1.82, 2.24) is 5.32 Å². The Bertz CT molecular complexity index is 249. The summed E-state index contributed by atoms with van der Waals surface area (Å²) in [5, 5.41) is 3.63. The molecule has 1 fully saturated rings. The van der Waals surface area contributed by atoms with E-state index in [1.54, 1.807) is 6.26 Å². The van der Waals surface area contributed by atoms with Crippen molar-refractivity contribution in [1.29, 1.82) is 0 Å². The van der Waals surface area contributed by atoms with Crippen molar-refractivity contribution in [2.45, 2.75) is 51.1 Å². The second-order valence-electron chi connectivity index (χ2n) is 4.24. The average Bonchev–Trinajstić information content (AvgIpc) is 2.72. The van der Waals surface area contributed by atoms with Crippen molar-refractivity contribution in [3.63, 3.8) is 0 Å². The molecule has 0 bridgehead atoms. The van der Waals surface area contributed by atoms with E-state index >= 15 is 0 Å². The van der Waals surface area contributed by atoms with Crippen LogP contribution in [0.3, 0.4) is 0 Å². The SMILES string of the molecule is C[C@H](NC1CCCCC1)c1ccco1. The van der Waals surface area contributed by atoms with Crippen molar-refractivity contribution < 1.29 is 4.42 Å². The van der Waals surface area contributed by atoms with Crippen molar-refractivity contribution in [3.8, 4) is 0 Å². The maximum Gasteiger partial charge on any atom is 0.120 e. The van der Waals surface area contributed by atoms with Crippen LogP contribution < -0.4 is 5.32 Å². The number of rotatable bonds is 3. The fourth-order valence-corrected chi connectivity index (χ4v) is 2.24. The van der Waals surface area contributed by atoms with E-state index in [9.17, 15) is 0 Å². The van der Waals surface area contributed by atoms with Gasteiger partial charge in [0.15, 0.2) is 0 Å². The molecular formula is C12H19NO. The van der Waals surface area contributed by atoms with Gasteiger partial charge in [0.05, 0.1) is 12.3 Å². The van der Waals surface area contributed by atoms with Crippen LogP contribution in [0.2, 0.25) is 0 Å². The molecule has 1 aliphatic carbocycles. The van der Waals surface area contributed by atoms with Gasteiger partial charge in [0.2, 0.25) is 0 Å². The molecule has 1 heterocycles. The molecular weight excluding hydrogens is 174 g/mol. The molecule has 14 heavy (non-hydrogen) atoms. The summed E-state index contributed by atoms with van der Waals surface area (Å²) in [4.78, 5) is 0. The summed E-state index contributed by atoms with van der Waals surface area (Å²) in [5.41, 5.74) is 0. The lowest BCUT2D eigenvalue weighted by molar-refractivity contribution is 0.323. The van der Waals surface area contributed by atoms with Crippen LogP contribution in [-0.2, 0) is 0 Å². The van der Waals surface area contributed by atoms with Gasteiger partial charge < -0.3 is 9.73 Å². The van der Waals surface area contributed by atoms with Crippen molar-refractivity contribution >= 4 is 0 Å². The Morgan fingerprint density at radius 2 is 2.14 bits per heavy atom. The van der Waals surface area contributed by atoms with E-state index in [-0.39, 0.29) is 0 Å². The van der Waals surface area contributed by atoms with Gasteiger partial charge in [0.25, 0.3) is 0 Å². The van der Waals surface area contributed by atoms with Gasteiger partial charge in [-0.1, -0.05) is 19.3 Å². The molecule has 1 aromatic heterocycles. The van der Waals surface area contributed by atoms with Crippen LogP contribution in [0.1, 0.15) is 50.8 Å². The molecule has 0 unspecified atom stereocenters. The first-order chi connectivity index (χ1) is 6.86. The summed E-state index contributed by atoms with van der Waals surface area (Å²) in [6, 6.07) is 5.05. The highest BCUT2D eigenvalue weighted by atomic mass is 16.3. The monoisotopic (exact) mass is 193 g/mol. The Morgan fingerprint density at radius 1 is 1.36 bits per heavy atom. The molecule has 0 radical (unpaired) electrons. The van der Waals surface area contributed by atoms with E-state index in [0.29, 0.717) is 12.1 Å². The third kappa shape index (κ3) is 2.38. The zero-order valence-corrected chi connectivity index (χ0v) is 8.83. The first-order valence-electron chi connectivity index (χ1n) is 5.66. The fourth-order valence-electron chi connectivity index (χ4n) is 2.24. The lowest BCUT2D eigenvalue weighted by Crippen LogP contribution is -2.32. The van der Waals surface area contributed by atoms with Gasteiger partial charge in [0.1, 0.15) is 5.76 Å². The number of furan rings is 1. The fraction of sp³-hybridized carbons (Fsp3) is 0.667. The molecule has 2 rings (SSSR count). The predicted octanol–water partition coefficient (Wildman–Crippen LogP) is 3.26. The smallest absolute Gasteiger partial charge is 0.120 e. The van der Waals surface area contributed by atoms with E-state index in [1.165, 1.54) is 32.1 Å². The quantitative estimate of drug-likeness (QED) is 0.797. The lowest BCUT2D eigenvalue weighted by atomic mass is 9.95. The van der Waals surface area contributed by atoms with Crippen LogP contribution in [-0.4, -0.2) is 6.04 Å². The van der Waals surface area contributed by atoms with E-state index in [0.717, 1.165) is 5.76 Å². The van der Waals surface area contributed by atoms with Gasteiger partial charge >= 0.3 is 0 Å². The zero-order valence-electron chi connectivity index (χ0n) is 8.83. The third-order valence-electron chi connectivity index (χ3n) is 3.06. The maximum atomic E-state index is 5.37. The maximum absolute atomic E-state index is 5.37. The second kappa shape index (κ2) is 4.65. The van der Waals surface area contributed by atoms with Crippen LogP contribution in [0.15, 0.2) is 22.8 Å². The van der Waals surface area contributed by atoms with Crippen LogP contribution in [0.5, 0.6) is 0 Å². The molecule has 0 saturated heterocycles. The van der Waals surface area contributed by atoms with Gasteiger partial charge in [-0.3, -0.25) is 0 Å². The average molecular weight is 193 g/mol. The standard InChI is InChI=1S/C12H19NO/c1-10(12-8-5-9-14-12)13-11-6-3-2-4-7-11/h5,8-11,13H,2-4,6-7H2,1H3/t10-/m0/s1. The summed E-state index contributed by atoms with van der Waals surface area (Å²) in [5.74, 6) is 1.05. The molecule has 0 spiro atoms. The number of hydrogen-bond donors (Lipinski definition) is 1. The summed E-state index contributed by atoms with van der Waals surface area (Å²) >= 11 is 0. The minimum Gasteiger partial charge on any atom is -0.468 e. The van der Waals surface area contributed by atoms with Crippen molar-refractivity contribution in [3.05, 3.63) is 24.2 Å². The zero-order chi connectivity index (χ0) is 9.80. The second-order valence-corrected chi connectivity index (χ2v) is 4.24. The van der Waals surface area contributed by atoms with Crippen LogP contribution in [0.25, 0.3) is 0 Å². The first kappa shape index (κ1) is 9.78. The molecule has 0 aromatic carbocycles. The van der Waals surface area contributed by atoms with Gasteiger partial charge in [0, 0.05) is 6.04 Å². The molecule has 0 amide bonds. The van der Waals surface area contributed by atoms with E-state index < -0.39 is 0 Å². The van der Waals surface area contributed by atoms with Crippen molar-refractivity contribution in [2.24, 2.45) is 0 Å². The molecule has 1 aromatic rings. The highest BCUT2D eigenvalue weighted by Crippen LogP contribution is 2.21. The van der Waals surface area contributed by atoms with Crippen LogP contribution in [0, 0.1) is 0 Å². The molecule has 78 valence electrons. The Hall–Kier alpha value is -0.760. The molecule has 0 aliphatic heterocycles. The molecule has 1 saturated carbocycles. The summed E-state index contributed by atoms with van der Waals surface area (Å²) in [7, 11) is 0. The van der Waals surface area contributed by atoms with E-state index in [2.05, 4.69) is 12.2 Å². The predicted molar refractivity (Wildman–Crippen MR) is 57.1 cm³/mol. The molecule has 2 heteroatoms. The summed E-state index contributed by atoms with van der Waals surface area (Å²) in [6.07, 6.45) is 8.56. The minimum absolute atomic E-state index is 0.355. The Kier molecular flexibility index (Phi) is 3.25.